The van der Waals surface area contributed by atoms with Crippen molar-refractivity contribution in [2.24, 2.45) is 0 Å². The fraction of sp³-hybridized carbons (Fsp3) is 0.333. The third-order valence-electron chi connectivity index (χ3n) is 4.22. The molecule has 0 spiro atoms. The molecule has 3 rings (SSSR count). The molecule has 140 valence electrons. The van der Waals surface area contributed by atoms with Gasteiger partial charge >= 0.3 is 0 Å². The highest BCUT2D eigenvalue weighted by atomic mass is 16.5. The second-order valence-corrected chi connectivity index (χ2v) is 6.41. The van der Waals surface area contributed by atoms with Gasteiger partial charge in [-0.15, -0.1) is 0 Å². The summed E-state index contributed by atoms with van der Waals surface area (Å²) in [6.45, 7) is 6.07. The lowest BCUT2D eigenvalue weighted by Gasteiger charge is -2.17. The molecule has 0 saturated carbocycles. The Hall–Kier alpha value is -3.20. The van der Waals surface area contributed by atoms with Crippen LogP contribution in [0.15, 0.2) is 36.4 Å². The summed E-state index contributed by atoms with van der Waals surface area (Å²) in [6, 6.07) is 12.4. The molecule has 0 unspecified atom stereocenters. The molecular weight excluding hydrogens is 344 g/mol. The second kappa shape index (κ2) is 8.00. The smallest absolute Gasteiger partial charge is 0.265 e. The molecule has 1 amide bonds. The molecule has 0 aliphatic carbocycles. The van der Waals surface area contributed by atoms with Gasteiger partial charge in [0, 0.05) is 18.1 Å². The van der Waals surface area contributed by atoms with Crippen molar-refractivity contribution in [2.45, 2.75) is 39.4 Å². The van der Waals surface area contributed by atoms with E-state index in [-0.39, 0.29) is 12.0 Å². The van der Waals surface area contributed by atoms with Gasteiger partial charge in [0.15, 0.2) is 6.10 Å². The molecule has 1 N–H and O–H groups in total. The lowest BCUT2D eigenvalue weighted by Crippen LogP contribution is -2.30. The first-order valence-electron chi connectivity index (χ1n) is 8.94. The minimum Gasteiger partial charge on any atom is -0.492 e. The third-order valence-corrected chi connectivity index (χ3v) is 4.22. The van der Waals surface area contributed by atoms with Gasteiger partial charge in [-0.3, -0.25) is 4.79 Å². The van der Waals surface area contributed by atoms with E-state index >= 15 is 0 Å². The van der Waals surface area contributed by atoms with Gasteiger partial charge in [0.1, 0.15) is 23.4 Å². The number of ether oxygens (including phenoxy) is 3. The number of nitrogens with zero attached hydrogens (tertiary/aromatic N) is 1. The largest absolute Gasteiger partial charge is 0.492 e. The normalized spacial score (nSPS) is 15.9. The number of rotatable bonds is 6. The van der Waals surface area contributed by atoms with Crippen LogP contribution in [0.3, 0.4) is 0 Å². The second-order valence-electron chi connectivity index (χ2n) is 6.41. The van der Waals surface area contributed by atoms with Crippen molar-refractivity contribution in [3.63, 3.8) is 0 Å². The van der Waals surface area contributed by atoms with Crippen molar-refractivity contribution >= 4 is 11.6 Å². The van der Waals surface area contributed by atoms with Gasteiger partial charge in [-0.05, 0) is 51.1 Å². The molecule has 0 radical (unpaired) electrons. The average molecular weight is 366 g/mol. The summed E-state index contributed by atoms with van der Waals surface area (Å²) in [5.41, 5.74) is 2.17. The number of nitriles is 1. The molecule has 0 saturated heterocycles. The Morgan fingerprint density at radius 3 is 2.78 bits per heavy atom. The number of anilines is 1. The number of carbonyl (C=O) groups is 1. The van der Waals surface area contributed by atoms with Crippen LogP contribution in [-0.2, 0) is 11.2 Å². The third kappa shape index (κ3) is 4.32. The summed E-state index contributed by atoms with van der Waals surface area (Å²) in [7, 11) is 0. The Morgan fingerprint density at radius 2 is 2.11 bits per heavy atom. The van der Waals surface area contributed by atoms with Crippen molar-refractivity contribution in [3.05, 3.63) is 47.5 Å². The number of carbonyl (C=O) groups excluding carboxylic acids is 1. The fourth-order valence-corrected chi connectivity index (χ4v) is 2.91. The molecule has 0 fully saturated rings. The summed E-state index contributed by atoms with van der Waals surface area (Å²) in [4.78, 5) is 12.6. The van der Waals surface area contributed by atoms with E-state index < -0.39 is 6.10 Å². The summed E-state index contributed by atoms with van der Waals surface area (Å²) in [6.07, 6.45) is 0.210. The zero-order chi connectivity index (χ0) is 19.4. The maximum atomic E-state index is 12.6. The van der Waals surface area contributed by atoms with Crippen LogP contribution >= 0.6 is 0 Å². The molecular formula is C21H22N2O4. The maximum Gasteiger partial charge on any atom is 0.265 e. The zero-order valence-electron chi connectivity index (χ0n) is 15.6. The molecule has 0 aromatic heterocycles. The lowest BCUT2D eigenvalue weighted by atomic mass is 10.1. The predicted molar refractivity (Wildman–Crippen MR) is 101 cm³/mol. The topological polar surface area (TPSA) is 80.6 Å². The highest BCUT2D eigenvalue weighted by Crippen LogP contribution is 2.38. The summed E-state index contributed by atoms with van der Waals surface area (Å²) in [5.74, 6) is 1.61. The summed E-state index contributed by atoms with van der Waals surface area (Å²) in [5, 5.41) is 11.7. The van der Waals surface area contributed by atoms with Crippen LogP contribution in [-0.4, -0.2) is 24.7 Å². The molecule has 1 aliphatic heterocycles. The van der Waals surface area contributed by atoms with Crippen molar-refractivity contribution < 1.29 is 19.0 Å². The Balaban J connectivity index is 1.72. The molecule has 2 atom stereocenters. The van der Waals surface area contributed by atoms with E-state index in [9.17, 15) is 4.79 Å². The summed E-state index contributed by atoms with van der Waals surface area (Å²) < 4.78 is 17.1. The van der Waals surface area contributed by atoms with E-state index in [1.54, 1.807) is 37.3 Å². The first-order chi connectivity index (χ1) is 13.0. The molecule has 2 aromatic rings. The Kier molecular flexibility index (Phi) is 5.51. The van der Waals surface area contributed by atoms with Crippen molar-refractivity contribution in [2.75, 3.05) is 11.9 Å². The highest BCUT2D eigenvalue weighted by Gasteiger charge is 2.24. The van der Waals surface area contributed by atoms with Gasteiger partial charge < -0.3 is 19.5 Å². The van der Waals surface area contributed by atoms with E-state index in [0.29, 0.717) is 29.4 Å². The minimum atomic E-state index is -0.722. The van der Waals surface area contributed by atoms with Crippen molar-refractivity contribution in [3.8, 4) is 23.3 Å². The van der Waals surface area contributed by atoms with E-state index in [1.807, 2.05) is 26.0 Å². The summed E-state index contributed by atoms with van der Waals surface area (Å²) >= 11 is 0. The highest BCUT2D eigenvalue weighted by molar-refractivity contribution is 5.95. The van der Waals surface area contributed by atoms with Crippen LogP contribution in [0, 0.1) is 11.3 Å². The molecule has 1 aliphatic rings. The van der Waals surface area contributed by atoms with E-state index in [2.05, 4.69) is 5.32 Å². The van der Waals surface area contributed by atoms with Crippen LogP contribution < -0.4 is 19.5 Å². The fourth-order valence-electron chi connectivity index (χ4n) is 2.91. The Labute approximate surface area is 158 Å². The Morgan fingerprint density at radius 1 is 1.37 bits per heavy atom. The van der Waals surface area contributed by atoms with Gasteiger partial charge in [0.05, 0.1) is 23.9 Å². The first-order valence-corrected chi connectivity index (χ1v) is 8.94. The van der Waals surface area contributed by atoms with E-state index in [4.69, 9.17) is 19.5 Å². The molecule has 1 heterocycles. The van der Waals surface area contributed by atoms with Crippen LogP contribution in [0.5, 0.6) is 17.2 Å². The quantitative estimate of drug-likeness (QED) is 0.843. The van der Waals surface area contributed by atoms with Gasteiger partial charge in [0.2, 0.25) is 0 Å². The molecule has 0 bridgehead atoms. The number of nitrogens with one attached hydrogen (secondary N) is 1. The number of hydrogen-bond acceptors (Lipinski definition) is 5. The van der Waals surface area contributed by atoms with Crippen LogP contribution in [0.4, 0.5) is 5.69 Å². The molecule has 6 heteroatoms. The van der Waals surface area contributed by atoms with Crippen LogP contribution in [0.25, 0.3) is 0 Å². The van der Waals surface area contributed by atoms with Crippen molar-refractivity contribution in [1.29, 1.82) is 5.26 Å². The maximum absolute atomic E-state index is 12.6. The van der Waals surface area contributed by atoms with Gasteiger partial charge in [-0.2, -0.15) is 5.26 Å². The zero-order valence-corrected chi connectivity index (χ0v) is 15.6. The monoisotopic (exact) mass is 366 g/mol. The number of benzene rings is 2. The van der Waals surface area contributed by atoms with Gasteiger partial charge in [0.25, 0.3) is 5.91 Å². The van der Waals surface area contributed by atoms with E-state index in [1.165, 1.54) is 0 Å². The number of hydrogen-bond donors (Lipinski definition) is 1. The number of fused-ring (bicyclic) bond motifs is 1. The van der Waals surface area contributed by atoms with E-state index in [0.717, 1.165) is 17.7 Å². The average Bonchev–Trinajstić information content (AvgIpc) is 3.01. The number of amides is 1. The first kappa shape index (κ1) is 18.6. The van der Waals surface area contributed by atoms with Gasteiger partial charge in [-0.25, -0.2) is 0 Å². The Bertz CT molecular complexity index is 871. The van der Waals surface area contributed by atoms with Gasteiger partial charge in [-0.1, -0.05) is 0 Å². The van der Waals surface area contributed by atoms with Crippen LogP contribution in [0.2, 0.25) is 0 Å². The minimum absolute atomic E-state index is 0.110. The molecule has 27 heavy (non-hydrogen) atoms. The standard InChI is InChI=1S/C21H22N2O4/c1-4-25-20-10-16-9-13(2)26-19(16)11-18(20)23-21(24)14(3)27-17-7-5-15(12-22)6-8-17/h5-8,10-11,13-14H,4,9H2,1-3H3,(H,23,24)/t13-,14-/m0/s1. The predicted octanol–water partition coefficient (Wildman–Crippen LogP) is 3.69. The molecule has 6 nitrogen and oxygen atoms in total. The van der Waals surface area contributed by atoms with Crippen molar-refractivity contribution in [1.82, 2.24) is 0 Å². The van der Waals surface area contributed by atoms with Crippen LogP contribution in [0.1, 0.15) is 31.9 Å². The molecule has 2 aromatic carbocycles. The lowest BCUT2D eigenvalue weighted by molar-refractivity contribution is -0.122. The SMILES string of the molecule is CCOc1cc2c(cc1NC(=O)[C@H](C)Oc1ccc(C#N)cc1)O[C@@H](C)C2.